The van der Waals surface area contributed by atoms with Gasteiger partial charge in [0.25, 0.3) is 5.91 Å². The van der Waals surface area contributed by atoms with E-state index in [0.717, 1.165) is 31.8 Å². The first-order chi connectivity index (χ1) is 14.8. The molecule has 1 amide bonds. The summed E-state index contributed by atoms with van der Waals surface area (Å²) in [4.78, 5) is 17.1. The quantitative estimate of drug-likeness (QED) is 0.692. The van der Waals surface area contributed by atoms with E-state index in [9.17, 15) is 18.0 Å². The van der Waals surface area contributed by atoms with Crippen LogP contribution in [0.1, 0.15) is 22.3 Å². The lowest BCUT2D eigenvalue weighted by Gasteiger charge is -2.39. The number of morpholine rings is 1. The number of halogens is 3. The van der Waals surface area contributed by atoms with Crippen LogP contribution in [-0.2, 0) is 15.7 Å². The molecule has 2 heterocycles. The van der Waals surface area contributed by atoms with Crippen LogP contribution < -0.4 is 10.1 Å². The number of alkyl halides is 3. The average molecular weight is 445 g/mol. The number of amides is 1. The van der Waals surface area contributed by atoms with Crippen LogP contribution in [0.5, 0.6) is 5.75 Å². The van der Waals surface area contributed by atoms with Crippen LogP contribution in [0.25, 0.3) is 0 Å². The van der Waals surface area contributed by atoms with Crippen molar-refractivity contribution in [3.63, 3.8) is 0 Å². The molecule has 2 atom stereocenters. The molecule has 1 aromatic rings. The van der Waals surface area contributed by atoms with Gasteiger partial charge in [0, 0.05) is 58.0 Å². The Balaban J connectivity index is 1.69. The number of carbonyl (C=O) groups is 1. The zero-order valence-corrected chi connectivity index (χ0v) is 17.9. The molecule has 1 N–H and O–H groups in total. The van der Waals surface area contributed by atoms with Gasteiger partial charge < -0.3 is 24.4 Å². The number of hydrogen-bond donors (Lipinski definition) is 1. The van der Waals surface area contributed by atoms with Gasteiger partial charge in [0.05, 0.1) is 32.0 Å². The molecule has 2 aliphatic rings. The summed E-state index contributed by atoms with van der Waals surface area (Å²) < 4.78 is 55.6. The molecule has 7 nitrogen and oxygen atoms in total. The van der Waals surface area contributed by atoms with Crippen LogP contribution in [0.4, 0.5) is 13.2 Å². The van der Waals surface area contributed by atoms with E-state index < -0.39 is 17.6 Å². The summed E-state index contributed by atoms with van der Waals surface area (Å²) in [6.07, 6.45) is -3.81. The molecule has 3 rings (SSSR count). The Morgan fingerprint density at radius 1 is 1.26 bits per heavy atom. The lowest BCUT2D eigenvalue weighted by molar-refractivity contribution is -0.137. The van der Waals surface area contributed by atoms with E-state index in [1.165, 1.54) is 13.2 Å². The van der Waals surface area contributed by atoms with Gasteiger partial charge >= 0.3 is 6.18 Å². The van der Waals surface area contributed by atoms with E-state index in [1.54, 1.807) is 12.0 Å². The minimum Gasteiger partial charge on any atom is -0.497 e. The first-order valence-corrected chi connectivity index (χ1v) is 10.4. The molecule has 0 bridgehead atoms. The molecule has 31 heavy (non-hydrogen) atoms. The van der Waals surface area contributed by atoms with Crippen LogP contribution in [0.2, 0.25) is 0 Å². The number of rotatable bonds is 7. The molecular formula is C21H30F3N3O4. The number of hydrogen-bond acceptors (Lipinski definition) is 6. The molecule has 2 aliphatic heterocycles. The zero-order chi connectivity index (χ0) is 22.4. The van der Waals surface area contributed by atoms with E-state index in [1.807, 2.05) is 0 Å². The fraction of sp³-hybridized carbons (Fsp3) is 0.667. The molecule has 1 aromatic carbocycles. The van der Waals surface area contributed by atoms with Crippen LogP contribution in [0, 0.1) is 0 Å². The predicted octanol–water partition coefficient (Wildman–Crippen LogP) is 1.87. The Bertz CT molecular complexity index is 745. The Labute approximate surface area is 180 Å². The van der Waals surface area contributed by atoms with E-state index in [2.05, 4.69) is 10.2 Å². The summed E-state index contributed by atoms with van der Waals surface area (Å²) >= 11 is 0. The molecule has 2 fully saturated rings. The third-order valence-corrected chi connectivity index (χ3v) is 5.68. The average Bonchev–Trinajstić information content (AvgIpc) is 2.77. The summed E-state index contributed by atoms with van der Waals surface area (Å²) in [6, 6.07) is 3.07. The summed E-state index contributed by atoms with van der Waals surface area (Å²) in [5.74, 6) is -0.391. The standard InChI is InChI=1S/C21H30F3N3O4/c1-29-14-19-13-26(7-8-31-19)5-3-17-12-25-4-6-27(17)20(28)15-9-16(21(22,23)24)11-18(10-15)30-2/h9-11,17,19,25H,3-8,12-14H2,1-2H3/t17?,19-/m0/s1. The number of carbonyl (C=O) groups excluding carboxylic acids is 1. The van der Waals surface area contributed by atoms with Crippen molar-refractivity contribution in [1.29, 1.82) is 0 Å². The topological polar surface area (TPSA) is 63.3 Å². The minimum atomic E-state index is -4.55. The van der Waals surface area contributed by atoms with Gasteiger partial charge in [-0.15, -0.1) is 0 Å². The van der Waals surface area contributed by atoms with Gasteiger partial charge in [0.15, 0.2) is 0 Å². The van der Waals surface area contributed by atoms with E-state index in [-0.39, 0.29) is 23.5 Å². The molecule has 2 saturated heterocycles. The summed E-state index contributed by atoms with van der Waals surface area (Å²) in [6.45, 7) is 5.14. The third-order valence-electron chi connectivity index (χ3n) is 5.68. The van der Waals surface area contributed by atoms with Crippen LogP contribution in [0.15, 0.2) is 18.2 Å². The van der Waals surface area contributed by atoms with Gasteiger partial charge in [0.1, 0.15) is 5.75 Å². The predicted molar refractivity (Wildman–Crippen MR) is 108 cm³/mol. The van der Waals surface area contributed by atoms with Gasteiger partial charge in [-0.1, -0.05) is 0 Å². The Morgan fingerprint density at radius 2 is 2.06 bits per heavy atom. The summed E-state index contributed by atoms with van der Waals surface area (Å²) in [7, 11) is 2.93. The Hall–Kier alpha value is -1.88. The Kier molecular flexibility index (Phi) is 8.15. The fourth-order valence-corrected chi connectivity index (χ4v) is 4.06. The number of nitrogens with one attached hydrogen (secondary N) is 1. The van der Waals surface area contributed by atoms with Crippen molar-refractivity contribution in [2.75, 3.05) is 66.7 Å². The molecule has 174 valence electrons. The highest BCUT2D eigenvalue weighted by atomic mass is 19.4. The van der Waals surface area contributed by atoms with Gasteiger partial charge in [-0.05, 0) is 24.6 Å². The maximum atomic E-state index is 13.3. The fourth-order valence-electron chi connectivity index (χ4n) is 4.06. The number of ether oxygens (including phenoxy) is 3. The van der Waals surface area contributed by atoms with Crippen LogP contribution in [0.3, 0.4) is 0 Å². The molecule has 0 spiro atoms. The number of methoxy groups -OCH3 is 2. The first-order valence-electron chi connectivity index (χ1n) is 10.4. The van der Waals surface area contributed by atoms with Crippen molar-refractivity contribution in [1.82, 2.24) is 15.1 Å². The monoisotopic (exact) mass is 445 g/mol. The molecule has 0 aromatic heterocycles. The highest BCUT2D eigenvalue weighted by Crippen LogP contribution is 2.33. The molecule has 10 heteroatoms. The smallest absolute Gasteiger partial charge is 0.416 e. The van der Waals surface area contributed by atoms with Crippen molar-refractivity contribution in [2.24, 2.45) is 0 Å². The second kappa shape index (κ2) is 10.6. The van der Waals surface area contributed by atoms with Gasteiger partial charge in [-0.2, -0.15) is 13.2 Å². The lowest BCUT2D eigenvalue weighted by atomic mass is 10.0. The van der Waals surface area contributed by atoms with E-state index >= 15 is 0 Å². The first kappa shape index (κ1) is 23.8. The second-order valence-corrected chi connectivity index (χ2v) is 7.84. The minimum absolute atomic E-state index is 0.00916. The molecule has 1 unspecified atom stereocenters. The number of benzene rings is 1. The van der Waals surface area contributed by atoms with Crippen molar-refractivity contribution in [3.8, 4) is 5.75 Å². The largest absolute Gasteiger partial charge is 0.497 e. The van der Waals surface area contributed by atoms with Crippen molar-refractivity contribution in [2.45, 2.75) is 24.7 Å². The van der Waals surface area contributed by atoms with Crippen LogP contribution >= 0.6 is 0 Å². The third kappa shape index (κ3) is 6.31. The van der Waals surface area contributed by atoms with Crippen LogP contribution in [-0.4, -0.2) is 94.6 Å². The Morgan fingerprint density at radius 3 is 2.77 bits per heavy atom. The maximum absolute atomic E-state index is 13.3. The van der Waals surface area contributed by atoms with Gasteiger partial charge in [-0.25, -0.2) is 0 Å². The van der Waals surface area contributed by atoms with Gasteiger partial charge in [-0.3, -0.25) is 9.69 Å². The van der Waals surface area contributed by atoms with Crippen molar-refractivity contribution < 1.29 is 32.2 Å². The molecule has 0 saturated carbocycles. The van der Waals surface area contributed by atoms with Crippen molar-refractivity contribution >= 4 is 5.91 Å². The molecular weight excluding hydrogens is 415 g/mol. The van der Waals surface area contributed by atoms with E-state index in [0.29, 0.717) is 39.3 Å². The normalized spacial score (nSPS) is 23.1. The molecule has 0 aliphatic carbocycles. The SMILES string of the molecule is COC[C@@H]1CN(CCC2CNCCN2C(=O)c2cc(OC)cc(C(F)(F)F)c2)CCO1. The number of piperazine rings is 1. The van der Waals surface area contributed by atoms with Gasteiger partial charge in [0.2, 0.25) is 0 Å². The lowest BCUT2D eigenvalue weighted by Crippen LogP contribution is -2.55. The highest BCUT2D eigenvalue weighted by Gasteiger charge is 2.34. The highest BCUT2D eigenvalue weighted by molar-refractivity contribution is 5.95. The summed E-state index contributed by atoms with van der Waals surface area (Å²) in [5, 5.41) is 3.28. The van der Waals surface area contributed by atoms with E-state index in [4.69, 9.17) is 14.2 Å². The summed E-state index contributed by atoms with van der Waals surface area (Å²) in [5.41, 5.74) is -0.899. The maximum Gasteiger partial charge on any atom is 0.416 e. The molecule has 0 radical (unpaired) electrons. The second-order valence-electron chi connectivity index (χ2n) is 7.84. The van der Waals surface area contributed by atoms with Crippen molar-refractivity contribution in [3.05, 3.63) is 29.3 Å². The zero-order valence-electron chi connectivity index (χ0n) is 17.9. The number of nitrogens with zero attached hydrogens (tertiary/aromatic N) is 2.